The first-order valence-corrected chi connectivity index (χ1v) is 9.08. The SMILES string of the molecule is CCCOc1ccc(OC)c2c(=O)c(-c3cccc4ccccc34)c[nH]c12. The third kappa shape index (κ3) is 2.93. The highest BCUT2D eigenvalue weighted by Gasteiger charge is 2.16. The van der Waals surface area contributed by atoms with Crippen LogP contribution in [-0.4, -0.2) is 18.7 Å². The van der Waals surface area contributed by atoms with E-state index in [1.54, 1.807) is 19.4 Å². The molecule has 0 aliphatic heterocycles. The number of aromatic nitrogens is 1. The summed E-state index contributed by atoms with van der Waals surface area (Å²) in [7, 11) is 1.57. The molecule has 27 heavy (non-hydrogen) atoms. The number of fused-ring (bicyclic) bond motifs is 2. The molecule has 0 radical (unpaired) electrons. The molecule has 0 saturated heterocycles. The summed E-state index contributed by atoms with van der Waals surface area (Å²) >= 11 is 0. The predicted octanol–water partition coefficient (Wildman–Crippen LogP) is 5.15. The van der Waals surface area contributed by atoms with E-state index in [9.17, 15) is 4.79 Å². The Kier molecular flexibility index (Phi) is 4.55. The van der Waals surface area contributed by atoms with Gasteiger partial charge < -0.3 is 14.5 Å². The minimum absolute atomic E-state index is 0.0705. The Balaban J connectivity index is 2.01. The first-order chi connectivity index (χ1) is 13.2. The summed E-state index contributed by atoms with van der Waals surface area (Å²) in [5.41, 5.74) is 2.11. The quantitative estimate of drug-likeness (QED) is 0.536. The molecule has 1 heterocycles. The number of hydrogen-bond acceptors (Lipinski definition) is 3. The van der Waals surface area contributed by atoms with Crippen molar-refractivity contribution in [1.82, 2.24) is 4.98 Å². The lowest BCUT2D eigenvalue weighted by atomic mass is 9.98. The summed E-state index contributed by atoms with van der Waals surface area (Å²) in [5.74, 6) is 1.20. The molecule has 0 unspecified atom stereocenters. The van der Waals surface area contributed by atoms with Gasteiger partial charge in [0.25, 0.3) is 0 Å². The molecule has 0 fully saturated rings. The minimum Gasteiger partial charge on any atom is -0.496 e. The van der Waals surface area contributed by atoms with Gasteiger partial charge in [0.15, 0.2) is 0 Å². The molecule has 3 aromatic carbocycles. The van der Waals surface area contributed by atoms with E-state index in [0.29, 0.717) is 34.6 Å². The predicted molar refractivity (Wildman–Crippen MR) is 110 cm³/mol. The fraction of sp³-hybridized carbons (Fsp3) is 0.174. The van der Waals surface area contributed by atoms with Crippen LogP contribution in [0.5, 0.6) is 11.5 Å². The van der Waals surface area contributed by atoms with E-state index >= 15 is 0 Å². The highest BCUT2D eigenvalue weighted by atomic mass is 16.5. The zero-order valence-electron chi connectivity index (χ0n) is 15.4. The average molecular weight is 359 g/mol. The monoisotopic (exact) mass is 359 g/mol. The van der Waals surface area contributed by atoms with Gasteiger partial charge in [0.05, 0.1) is 24.6 Å². The van der Waals surface area contributed by atoms with Gasteiger partial charge in [-0.15, -0.1) is 0 Å². The van der Waals surface area contributed by atoms with E-state index in [4.69, 9.17) is 9.47 Å². The fourth-order valence-corrected chi connectivity index (χ4v) is 3.44. The van der Waals surface area contributed by atoms with E-state index < -0.39 is 0 Å². The van der Waals surface area contributed by atoms with Gasteiger partial charge in [-0.3, -0.25) is 4.79 Å². The van der Waals surface area contributed by atoms with Crippen LogP contribution in [0.3, 0.4) is 0 Å². The van der Waals surface area contributed by atoms with E-state index in [1.165, 1.54) is 0 Å². The number of rotatable bonds is 5. The van der Waals surface area contributed by atoms with Crippen LogP contribution in [0, 0.1) is 0 Å². The Labute approximate surface area is 157 Å². The average Bonchev–Trinajstić information content (AvgIpc) is 2.72. The van der Waals surface area contributed by atoms with Crippen molar-refractivity contribution in [3.05, 3.63) is 71.0 Å². The molecule has 4 rings (SSSR count). The number of hydrogen-bond donors (Lipinski definition) is 1. The molecular formula is C23H21NO3. The molecule has 0 saturated carbocycles. The topological polar surface area (TPSA) is 51.3 Å². The second kappa shape index (κ2) is 7.16. The molecule has 1 aromatic heterocycles. The maximum absolute atomic E-state index is 13.4. The second-order valence-electron chi connectivity index (χ2n) is 6.42. The van der Waals surface area contributed by atoms with Gasteiger partial charge in [0.1, 0.15) is 11.5 Å². The van der Waals surface area contributed by atoms with Gasteiger partial charge in [0.2, 0.25) is 5.43 Å². The molecule has 0 bridgehead atoms. The van der Waals surface area contributed by atoms with Gasteiger partial charge in [-0.25, -0.2) is 0 Å². The van der Waals surface area contributed by atoms with Crippen LogP contribution in [0.15, 0.2) is 65.6 Å². The Hall–Kier alpha value is -3.27. The van der Waals surface area contributed by atoms with Crippen LogP contribution in [0.25, 0.3) is 32.8 Å². The van der Waals surface area contributed by atoms with Crippen molar-refractivity contribution in [2.75, 3.05) is 13.7 Å². The number of aromatic amines is 1. The van der Waals surface area contributed by atoms with Crippen LogP contribution in [0.1, 0.15) is 13.3 Å². The van der Waals surface area contributed by atoms with Gasteiger partial charge in [-0.2, -0.15) is 0 Å². The standard InChI is InChI=1S/C23H21NO3/c1-3-13-27-20-12-11-19(26-2)21-22(20)24-14-18(23(21)25)17-10-6-8-15-7-4-5-9-16(15)17/h4-12,14H,3,13H2,1-2H3,(H,24,25). The lowest BCUT2D eigenvalue weighted by Gasteiger charge is -2.13. The van der Waals surface area contributed by atoms with Crippen LogP contribution < -0.4 is 14.9 Å². The number of pyridine rings is 1. The lowest BCUT2D eigenvalue weighted by Crippen LogP contribution is -2.09. The fourth-order valence-electron chi connectivity index (χ4n) is 3.44. The molecule has 4 heteroatoms. The van der Waals surface area contributed by atoms with Crippen molar-refractivity contribution in [2.24, 2.45) is 0 Å². The molecule has 4 nitrogen and oxygen atoms in total. The van der Waals surface area contributed by atoms with E-state index in [0.717, 1.165) is 22.8 Å². The summed E-state index contributed by atoms with van der Waals surface area (Å²) in [5, 5.41) is 2.65. The molecular weight excluding hydrogens is 338 g/mol. The molecule has 0 amide bonds. The molecule has 0 aliphatic carbocycles. The highest BCUT2D eigenvalue weighted by Crippen LogP contribution is 2.33. The third-order valence-corrected chi connectivity index (χ3v) is 4.72. The van der Waals surface area contributed by atoms with Crippen molar-refractivity contribution >= 4 is 21.7 Å². The van der Waals surface area contributed by atoms with Crippen LogP contribution in [0.2, 0.25) is 0 Å². The number of methoxy groups -OCH3 is 1. The number of ether oxygens (including phenoxy) is 2. The van der Waals surface area contributed by atoms with Crippen molar-refractivity contribution in [2.45, 2.75) is 13.3 Å². The zero-order chi connectivity index (χ0) is 18.8. The highest BCUT2D eigenvalue weighted by molar-refractivity contribution is 5.99. The van der Waals surface area contributed by atoms with E-state index in [1.807, 2.05) is 55.5 Å². The molecule has 0 spiro atoms. The van der Waals surface area contributed by atoms with Gasteiger partial charge in [-0.05, 0) is 34.9 Å². The first kappa shape index (κ1) is 17.2. The summed E-state index contributed by atoms with van der Waals surface area (Å²) in [6, 6.07) is 17.7. The Morgan fingerprint density at radius 3 is 2.52 bits per heavy atom. The van der Waals surface area contributed by atoms with Crippen molar-refractivity contribution in [3.63, 3.8) is 0 Å². The summed E-state index contributed by atoms with van der Waals surface area (Å²) in [6.45, 7) is 2.64. The summed E-state index contributed by atoms with van der Waals surface area (Å²) in [6.07, 6.45) is 2.66. The molecule has 1 N–H and O–H groups in total. The Morgan fingerprint density at radius 1 is 0.926 bits per heavy atom. The van der Waals surface area contributed by atoms with Crippen molar-refractivity contribution in [1.29, 1.82) is 0 Å². The molecule has 4 aromatic rings. The van der Waals surface area contributed by atoms with Gasteiger partial charge in [0, 0.05) is 11.8 Å². The molecule has 0 atom stereocenters. The Morgan fingerprint density at radius 2 is 1.70 bits per heavy atom. The molecule has 136 valence electrons. The van der Waals surface area contributed by atoms with Crippen LogP contribution in [-0.2, 0) is 0 Å². The van der Waals surface area contributed by atoms with Crippen LogP contribution in [0.4, 0.5) is 0 Å². The summed E-state index contributed by atoms with van der Waals surface area (Å²) in [4.78, 5) is 16.7. The molecule has 0 aliphatic rings. The number of benzene rings is 3. The second-order valence-corrected chi connectivity index (χ2v) is 6.42. The van der Waals surface area contributed by atoms with Gasteiger partial charge >= 0.3 is 0 Å². The summed E-state index contributed by atoms with van der Waals surface area (Å²) < 4.78 is 11.3. The largest absolute Gasteiger partial charge is 0.496 e. The maximum atomic E-state index is 13.4. The zero-order valence-corrected chi connectivity index (χ0v) is 15.4. The lowest BCUT2D eigenvalue weighted by molar-refractivity contribution is 0.320. The first-order valence-electron chi connectivity index (χ1n) is 9.08. The third-order valence-electron chi connectivity index (χ3n) is 4.72. The van der Waals surface area contributed by atoms with Crippen molar-refractivity contribution in [3.8, 4) is 22.6 Å². The van der Waals surface area contributed by atoms with E-state index in [2.05, 4.69) is 4.98 Å². The minimum atomic E-state index is -0.0705. The van der Waals surface area contributed by atoms with Crippen molar-refractivity contribution < 1.29 is 9.47 Å². The van der Waals surface area contributed by atoms with Crippen LogP contribution >= 0.6 is 0 Å². The Bertz CT molecular complexity index is 1170. The van der Waals surface area contributed by atoms with E-state index in [-0.39, 0.29) is 5.43 Å². The normalized spacial score (nSPS) is 11.0. The maximum Gasteiger partial charge on any atom is 0.201 e. The number of H-pyrrole nitrogens is 1. The smallest absolute Gasteiger partial charge is 0.201 e. The van der Waals surface area contributed by atoms with Gasteiger partial charge in [-0.1, -0.05) is 49.4 Å². The number of nitrogens with one attached hydrogen (secondary N) is 1.